The normalized spacial score (nSPS) is 16.3. The first-order valence-electron chi connectivity index (χ1n) is 8.19. The van der Waals surface area contributed by atoms with Gasteiger partial charge in [0.2, 0.25) is 0 Å². The van der Waals surface area contributed by atoms with E-state index in [1.54, 1.807) is 12.1 Å². The lowest BCUT2D eigenvalue weighted by atomic mass is 9.88. The predicted octanol–water partition coefficient (Wildman–Crippen LogP) is 3.68. The summed E-state index contributed by atoms with van der Waals surface area (Å²) in [5, 5.41) is 3.54. The Morgan fingerprint density at radius 2 is 1.83 bits per heavy atom. The Hall–Kier alpha value is -1.55. The fourth-order valence-electron chi connectivity index (χ4n) is 3.03. The first kappa shape index (κ1) is 17.8. The van der Waals surface area contributed by atoms with Crippen molar-refractivity contribution in [2.75, 3.05) is 6.61 Å². The molecule has 1 aromatic rings. The predicted molar refractivity (Wildman–Crippen MR) is 90.4 cm³/mol. The number of nitrogens with one attached hydrogen (secondary N) is 1. The third-order valence-corrected chi connectivity index (χ3v) is 4.47. The van der Waals surface area contributed by atoms with Gasteiger partial charge < -0.3 is 10.1 Å². The standard InChI is InChI=1S/C18H24ClNO3/c1-12(2)17(13-7-9-14(19)10-8-13)18(22)23-11-16(21)20-15-5-3-4-6-15/h7-10,12,15,17H,3-6,11H2,1-2H3,(H,20,21). The third-order valence-electron chi connectivity index (χ3n) is 4.22. The largest absolute Gasteiger partial charge is 0.455 e. The lowest BCUT2D eigenvalue weighted by molar-refractivity contribution is -0.151. The van der Waals surface area contributed by atoms with Gasteiger partial charge in [0.25, 0.3) is 5.91 Å². The van der Waals surface area contributed by atoms with Crippen molar-refractivity contribution in [3.8, 4) is 0 Å². The van der Waals surface area contributed by atoms with Crippen LogP contribution in [0.4, 0.5) is 0 Å². The average Bonchev–Trinajstić information content (AvgIpc) is 3.00. The molecule has 0 heterocycles. The smallest absolute Gasteiger partial charge is 0.314 e. The van der Waals surface area contributed by atoms with E-state index in [1.165, 1.54) is 0 Å². The molecule has 2 rings (SSSR count). The lowest BCUT2D eigenvalue weighted by Gasteiger charge is -2.20. The van der Waals surface area contributed by atoms with E-state index < -0.39 is 5.92 Å². The second kappa shape index (κ2) is 8.34. The van der Waals surface area contributed by atoms with Crippen LogP contribution in [0.25, 0.3) is 0 Å². The van der Waals surface area contributed by atoms with E-state index in [9.17, 15) is 9.59 Å². The van der Waals surface area contributed by atoms with E-state index in [4.69, 9.17) is 16.3 Å². The number of hydrogen-bond donors (Lipinski definition) is 1. The quantitative estimate of drug-likeness (QED) is 0.805. The molecule has 5 heteroatoms. The molecule has 1 N–H and O–H groups in total. The van der Waals surface area contributed by atoms with Crippen LogP contribution in [0.1, 0.15) is 51.0 Å². The average molecular weight is 338 g/mol. The van der Waals surface area contributed by atoms with Gasteiger partial charge in [0.1, 0.15) is 0 Å². The molecule has 23 heavy (non-hydrogen) atoms. The molecule has 0 aromatic heterocycles. The van der Waals surface area contributed by atoms with Gasteiger partial charge in [0, 0.05) is 11.1 Å². The monoisotopic (exact) mass is 337 g/mol. The van der Waals surface area contributed by atoms with Crippen LogP contribution < -0.4 is 5.32 Å². The van der Waals surface area contributed by atoms with Crippen molar-refractivity contribution < 1.29 is 14.3 Å². The lowest BCUT2D eigenvalue weighted by Crippen LogP contribution is -2.36. The molecule has 1 unspecified atom stereocenters. The van der Waals surface area contributed by atoms with Crippen LogP contribution >= 0.6 is 11.6 Å². The van der Waals surface area contributed by atoms with Gasteiger partial charge in [-0.15, -0.1) is 0 Å². The Morgan fingerprint density at radius 1 is 1.22 bits per heavy atom. The van der Waals surface area contributed by atoms with Gasteiger partial charge in [-0.3, -0.25) is 9.59 Å². The molecule has 1 fully saturated rings. The summed E-state index contributed by atoms with van der Waals surface area (Å²) in [4.78, 5) is 24.2. The minimum absolute atomic E-state index is 0.0709. The van der Waals surface area contributed by atoms with E-state index >= 15 is 0 Å². The second-order valence-electron chi connectivity index (χ2n) is 6.43. The van der Waals surface area contributed by atoms with Crippen LogP contribution in [0, 0.1) is 5.92 Å². The summed E-state index contributed by atoms with van der Waals surface area (Å²) in [7, 11) is 0. The maximum absolute atomic E-state index is 12.4. The number of ether oxygens (including phenoxy) is 1. The molecule has 1 amide bonds. The molecule has 0 radical (unpaired) electrons. The second-order valence-corrected chi connectivity index (χ2v) is 6.87. The number of halogens is 1. The van der Waals surface area contributed by atoms with Crippen molar-refractivity contribution in [2.24, 2.45) is 5.92 Å². The molecule has 1 aliphatic carbocycles. The highest BCUT2D eigenvalue weighted by atomic mass is 35.5. The van der Waals surface area contributed by atoms with Crippen LogP contribution in [0.2, 0.25) is 5.02 Å². The molecule has 4 nitrogen and oxygen atoms in total. The Morgan fingerprint density at radius 3 is 2.39 bits per heavy atom. The number of esters is 1. The Bertz CT molecular complexity index is 536. The molecule has 0 spiro atoms. The number of carbonyl (C=O) groups excluding carboxylic acids is 2. The summed E-state index contributed by atoms with van der Waals surface area (Å²) in [6, 6.07) is 7.40. The van der Waals surface area contributed by atoms with Crippen molar-refractivity contribution in [3.05, 3.63) is 34.9 Å². The Kier molecular flexibility index (Phi) is 6.46. The van der Waals surface area contributed by atoms with Crippen molar-refractivity contribution in [1.29, 1.82) is 0 Å². The SMILES string of the molecule is CC(C)C(C(=O)OCC(=O)NC1CCCC1)c1ccc(Cl)cc1. The van der Waals surface area contributed by atoms with E-state index in [1.807, 2.05) is 26.0 Å². The van der Waals surface area contributed by atoms with Crippen molar-refractivity contribution in [3.63, 3.8) is 0 Å². The van der Waals surface area contributed by atoms with Crippen LogP contribution in [-0.4, -0.2) is 24.5 Å². The van der Waals surface area contributed by atoms with Crippen LogP contribution in [0.5, 0.6) is 0 Å². The fraction of sp³-hybridized carbons (Fsp3) is 0.556. The minimum atomic E-state index is -0.397. The number of amides is 1. The highest BCUT2D eigenvalue weighted by Gasteiger charge is 2.26. The molecular formula is C18H24ClNO3. The number of benzene rings is 1. The Balaban J connectivity index is 1.90. The van der Waals surface area contributed by atoms with Crippen molar-refractivity contribution in [2.45, 2.75) is 51.5 Å². The van der Waals surface area contributed by atoms with Crippen LogP contribution in [0.3, 0.4) is 0 Å². The van der Waals surface area contributed by atoms with Gasteiger partial charge in [0.15, 0.2) is 6.61 Å². The number of hydrogen-bond acceptors (Lipinski definition) is 3. The summed E-state index contributed by atoms with van der Waals surface area (Å²) in [6.07, 6.45) is 4.33. The summed E-state index contributed by atoms with van der Waals surface area (Å²) in [5.41, 5.74) is 0.852. The van der Waals surface area contributed by atoms with Crippen LogP contribution in [-0.2, 0) is 14.3 Å². The molecule has 1 atom stereocenters. The van der Waals surface area contributed by atoms with Crippen molar-refractivity contribution in [1.82, 2.24) is 5.32 Å². The van der Waals surface area contributed by atoms with Gasteiger partial charge >= 0.3 is 5.97 Å². The molecule has 0 bridgehead atoms. The van der Waals surface area contributed by atoms with E-state index in [-0.39, 0.29) is 30.4 Å². The van der Waals surface area contributed by atoms with Crippen molar-refractivity contribution >= 4 is 23.5 Å². The zero-order valence-corrected chi connectivity index (χ0v) is 14.4. The number of rotatable bonds is 6. The van der Waals surface area contributed by atoms with Gasteiger partial charge in [-0.2, -0.15) is 0 Å². The topological polar surface area (TPSA) is 55.4 Å². The summed E-state index contributed by atoms with van der Waals surface area (Å²) in [5.74, 6) is -0.916. The third kappa shape index (κ3) is 5.24. The molecule has 1 aliphatic rings. The first-order chi connectivity index (χ1) is 11.0. The number of carbonyl (C=O) groups is 2. The van der Waals surface area contributed by atoms with E-state index in [0.29, 0.717) is 5.02 Å². The minimum Gasteiger partial charge on any atom is -0.455 e. The summed E-state index contributed by atoms with van der Waals surface area (Å²) < 4.78 is 5.24. The highest BCUT2D eigenvalue weighted by Crippen LogP contribution is 2.27. The first-order valence-corrected chi connectivity index (χ1v) is 8.56. The molecule has 0 saturated heterocycles. The van der Waals surface area contributed by atoms with Crippen LogP contribution in [0.15, 0.2) is 24.3 Å². The zero-order chi connectivity index (χ0) is 16.8. The van der Waals surface area contributed by atoms with E-state index in [2.05, 4.69) is 5.32 Å². The fourth-order valence-corrected chi connectivity index (χ4v) is 3.16. The highest BCUT2D eigenvalue weighted by molar-refractivity contribution is 6.30. The van der Waals surface area contributed by atoms with Gasteiger partial charge in [-0.1, -0.05) is 50.4 Å². The molecule has 1 saturated carbocycles. The molecule has 0 aliphatic heterocycles. The van der Waals surface area contributed by atoms with Gasteiger partial charge in [-0.25, -0.2) is 0 Å². The summed E-state index contributed by atoms with van der Waals surface area (Å²) >= 11 is 5.89. The van der Waals surface area contributed by atoms with Gasteiger partial charge in [-0.05, 0) is 36.5 Å². The maximum atomic E-state index is 12.4. The zero-order valence-electron chi connectivity index (χ0n) is 13.7. The Labute approximate surface area is 142 Å². The molecular weight excluding hydrogens is 314 g/mol. The summed E-state index contributed by atoms with van der Waals surface area (Å²) in [6.45, 7) is 3.70. The molecule has 126 valence electrons. The maximum Gasteiger partial charge on any atom is 0.314 e. The van der Waals surface area contributed by atoms with E-state index in [0.717, 1.165) is 31.2 Å². The molecule has 1 aromatic carbocycles. The van der Waals surface area contributed by atoms with Gasteiger partial charge in [0.05, 0.1) is 5.92 Å².